The fraction of sp³-hybridized carbons (Fsp3) is 0.357. The fourth-order valence-corrected chi connectivity index (χ4v) is 3.85. The molecule has 0 spiro atoms. The molecule has 0 atom stereocenters. The molecule has 7 heteroatoms. The van der Waals surface area contributed by atoms with Crippen LogP contribution in [0.5, 0.6) is 0 Å². The number of sulfonamides is 1. The van der Waals surface area contributed by atoms with E-state index in [4.69, 9.17) is 5.73 Å². The van der Waals surface area contributed by atoms with E-state index in [0.717, 1.165) is 27.4 Å². The van der Waals surface area contributed by atoms with Gasteiger partial charge in [0.2, 0.25) is 10.0 Å². The number of hydrogen-bond acceptors (Lipinski definition) is 5. The number of aryl methyl sites for hydroxylation is 1. The van der Waals surface area contributed by atoms with Gasteiger partial charge in [-0.3, -0.25) is 0 Å². The Morgan fingerprint density at radius 1 is 1.33 bits per heavy atom. The van der Waals surface area contributed by atoms with Gasteiger partial charge in [-0.25, -0.2) is 18.1 Å². The molecule has 0 saturated heterocycles. The molecule has 0 aliphatic carbocycles. The molecule has 0 fully saturated rings. The standard InChI is InChI=1S/C14H19N3O2S2/c1-2-13-8-16-14(20-13)9-17-21(18,19)10-12-5-3-4-11(6-12)7-15/h3-6,8,17H,2,7,9-10,15H2,1H3. The third-order valence-corrected chi connectivity index (χ3v) is 5.42. The van der Waals surface area contributed by atoms with Crippen LogP contribution in [0.25, 0.3) is 0 Å². The molecule has 1 heterocycles. The fourth-order valence-electron chi connectivity index (χ4n) is 1.88. The van der Waals surface area contributed by atoms with E-state index in [0.29, 0.717) is 6.54 Å². The Bertz CT molecular complexity index is 696. The smallest absolute Gasteiger partial charge is 0.216 e. The average molecular weight is 325 g/mol. The summed E-state index contributed by atoms with van der Waals surface area (Å²) in [5.74, 6) is -0.0488. The maximum absolute atomic E-state index is 12.1. The zero-order valence-electron chi connectivity index (χ0n) is 11.9. The van der Waals surface area contributed by atoms with Crippen LogP contribution in [-0.4, -0.2) is 13.4 Å². The van der Waals surface area contributed by atoms with E-state index in [1.165, 1.54) is 11.3 Å². The van der Waals surface area contributed by atoms with Crippen LogP contribution < -0.4 is 10.5 Å². The van der Waals surface area contributed by atoms with E-state index in [9.17, 15) is 8.42 Å². The third kappa shape index (κ3) is 4.89. The predicted molar refractivity (Wildman–Crippen MR) is 85.3 cm³/mol. The molecule has 0 saturated carbocycles. The van der Waals surface area contributed by atoms with Crippen molar-refractivity contribution in [1.82, 2.24) is 9.71 Å². The monoisotopic (exact) mass is 325 g/mol. The van der Waals surface area contributed by atoms with Gasteiger partial charge in [0, 0.05) is 17.6 Å². The van der Waals surface area contributed by atoms with Gasteiger partial charge in [-0.1, -0.05) is 31.2 Å². The zero-order valence-corrected chi connectivity index (χ0v) is 13.5. The molecule has 0 aliphatic rings. The summed E-state index contributed by atoms with van der Waals surface area (Å²) in [6, 6.07) is 7.31. The second kappa shape index (κ2) is 7.13. The second-order valence-electron chi connectivity index (χ2n) is 4.68. The number of benzene rings is 1. The number of hydrogen-bond donors (Lipinski definition) is 2. The SMILES string of the molecule is CCc1cnc(CNS(=O)(=O)Cc2cccc(CN)c2)s1. The lowest BCUT2D eigenvalue weighted by Gasteiger charge is -2.06. The Morgan fingerprint density at radius 2 is 2.10 bits per heavy atom. The van der Waals surface area contributed by atoms with Gasteiger partial charge in [-0.15, -0.1) is 11.3 Å². The number of nitrogens with two attached hydrogens (primary N) is 1. The highest BCUT2D eigenvalue weighted by molar-refractivity contribution is 7.88. The molecule has 114 valence electrons. The van der Waals surface area contributed by atoms with Gasteiger partial charge in [-0.2, -0.15) is 0 Å². The second-order valence-corrected chi connectivity index (χ2v) is 7.68. The minimum atomic E-state index is -3.38. The van der Waals surface area contributed by atoms with Crippen LogP contribution in [0, 0.1) is 0 Å². The van der Waals surface area contributed by atoms with E-state index in [1.807, 2.05) is 25.1 Å². The highest BCUT2D eigenvalue weighted by Gasteiger charge is 2.12. The van der Waals surface area contributed by atoms with Gasteiger partial charge in [0.25, 0.3) is 0 Å². The molecule has 0 amide bonds. The third-order valence-electron chi connectivity index (χ3n) is 2.98. The summed E-state index contributed by atoms with van der Waals surface area (Å²) >= 11 is 1.53. The van der Waals surface area contributed by atoms with Crippen LogP contribution in [0.2, 0.25) is 0 Å². The Labute approximate surface area is 129 Å². The van der Waals surface area contributed by atoms with E-state index in [2.05, 4.69) is 9.71 Å². The van der Waals surface area contributed by atoms with Crippen LogP contribution in [-0.2, 0) is 35.3 Å². The van der Waals surface area contributed by atoms with Crippen molar-refractivity contribution >= 4 is 21.4 Å². The quantitative estimate of drug-likeness (QED) is 0.812. The summed E-state index contributed by atoms with van der Waals surface area (Å²) in [6.07, 6.45) is 2.70. The highest BCUT2D eigenvalue weighted by atomic mass is 32.2. The molecule has 3 N–H and O–H groups in total. The van der Waals surface area contributed by atoms with Gasteiger partial charge >= 0.3 is 0 Å². The van der Waals surface area contributed by atoms with Crippen molar-refractivity contribution in [3.8, 4) is 0 Å². The van der Waals surface area contributed by atoms with Gasteiger partial charge < -0.3 is 5.73 Å². The van der Waals surface area contributed by atoms with Gasteiger partial charge in [0.15, 0.2) is 0 Å². The maximum atomic E-state index is 12.1. The molecule has 2 rings (SSSR count). The largest absolute Gasteiger partial charge is 0.326 e. The maximum Gasteiger partial charge on any atom is 0.216 e. The minimum absolute atomic E-state index is 0.0488. The van der Waals surface area contributed by atoms with Crippen molar-refractivity contribution in [2.24, 2.45) is 5.73 Å². The summed E-state index contributed by atoms with van der Waals surface area (Å²) in [7, 11) is -3.38. The van der Waals surface area contributed by atoms with E-state index >= 15 is 0 Å². The molecule has 0 aliphatic heterocycles. The van der Waals surface area contributed by atoms with Crippen LogP contribution >= 0.6 is 11.3 Å². The van der Waals surface area contributed by atoms with Crippen molar-refractivity contribution in [2.45, 2.75) is 32.2 Å². The van der Waals surface area contributed by atoms with Crippen LogP contribution in [0.15, 0.2) is 30.5 Å². The Balaban J connectivity index is 1.98. The Kier molecular flexibility index (Phi) is 5.46. The zero-order chi connectivity index (χ0) is 15.3. The van der Waals surface area contributed by atoms with E-state index in [-0.39, 0.29) is 12.3 Å². The first-order chi connectivity index (χ1) is 10.0. The first-order valence-corrected chi connectivity index (χ1v) is 9.18. The topological polar surface area (TPSA) is 85.1 Å². The van der Waals surface area contributed by atoms with Crippen LogP contribution in [0.1, 0.15) is 27.9 Å². The van der Waals surface area contributed by atoms with Gasteiger partial charge in [0.05, 0.1) is 12.3 Å². The summed E-state index contributed by atoms with van der Waals surface area (Å²) in [5, 5.41) is 0.783. The van der Waals surface area contributed by atoms with Gasteiger partial charge in [-0.05, 0) is 17.5 Å². The van der Waals surface area contributed by atoms with Crippen molar-refractivity contribution in [2.75, 3.05) is 0 Å². The van der Waals surface area contributed by atoms with Crippen LogP contribution in [0.3, 0.4) is 0 Å². The van der Waals surface area contributed by atoms with Crippen molar-refractivity contribution < 1.29 is 8.42 Å². The summed E-state index contributed by atoms with van der Waals surface area (Å²) in [6.45, 7) is 2.69. The van der Waals surface area contributed by atoms with Crippen molar-refractivity contribution in [3.63, 3.8) is 0 Å². The lowest BCUT2D eigenvalue weighted by atomic mass is 10.1. The number of aromatic nitrogens is 1. The Hall–Kier alpha value is -1.28. The minimum Gasteiger partial charge on any atom is -0.326 e. The summed E-state index contributed by atoms with van der Waals surface area (Å²) in [5.41, 5.74) is 7.22. The number of thiazole rings is 1. The van der Waals surface area contributed by atoms with Crippen LogP contribution in [0.4, 0.5) is 0 Å². The molecule has 1 aromatic carbocycles. The van der Waals surface area contributed by atoms with Crippen molar-refractivity contribution in [1.29, 1.82) is 0 Å². The number of nitrogens with one attached hydrogen (secondary N) is 1. The number of rotatable bonds is 7. The van der Waals surface area contributed by atoms with Crippen molar-refractivity contribution in [3.05, 3.63) is 51.5 Å². The average Bonchev–Trinajstić information content (AvgIpc) is 2.93. The lowest BCUT2D eigenvalue weighted by molar-refractivity contribution is 0.580. The normalized spacial score (nSPS) is 11.7. The molecule has 0 radical (unpaired) electrons. The molecule has 0 bridgehead atoms. The molecule has 5 nitrogen and oxygen atoms in total. The first-order valence-electron chi connectivity index (χ1n) is 6.71. The predicted octanol–water partition coefficient (Wildman–Crippen LogP) is 1.78. The molecular weight excluding hydrogens is 306 g/mol. The first kappa shape index (κ1) is 16.1. The number of nitrogens with zero attached hydrogens (tertiary/aromatic N) is 1. The molecular formula is C14H19N3O2S2. The molecule has 0 unspecified atom stereocenters. The van der Waals surface area contributed by atoms with E-state index < -0.39 is 10.0 Å². The summed E-state index contributed by atoms with van der Waals surface area (Å²) in [4.78, 5) is 5.35. The molecule has 21 heavy (non-hydrogen) atoms. The summed E-state index contributed by atoms with van der Waals surface area (Å²) < 4.78 is 26.8. The van der Waals surface area contributed by atoms with E-state index in [1.54, 1.807) is 12.3 Å². The molecule has 1 aromatic heterocycles. The molecule has 2 aromatic rings. The Morgan fingerprint density at radius 3 is 2.76 bits per heavy atom. The van der Waals surface area contributed by atoms with Gasteiger partial charge in [0.1, 0.15) is 5.01 Å². The highest BCUT2D eigenvalue weighted by Crippen LogP contribution is 2.14. The lowest BCUT2D eigenvalue weighted by Crippen LogP contribution is -2.24.